The number of hydrogen-bond acceptors (Lipinski definition) is 7. The second kappa shape index (κ2) is 6.60. The summed E-state index contributed by atoms with van der Waals surface area (Å²) < 4.78 is 29.6. The van der Waals surface area contributed by atoms with Gasteiger partial charge in [-0.1, -0.05) is 0 Å². The van der Waals surface area contributed by atoms with Crippen LogP contribution in [0, 0.1) is 0 Å². The lowest BCUT2D eigenvalue weighted by atomic mass is 9.98. The van der Waals surface area contributed by atoms with Crippen LogP contribution in [-0.4, -0.2) is 54.0 Å². The van der Waals surface area contributed by atoms with Crippen LogP contribution in [0.15, 0.2) is 24.3 Å². The van der Waals surface area contributed by atoms with Crippen molar-refractivity contribution in [2.24, 2.45) is 0 Å². The molecule has 0 bridgehead atoms. The fourth-order valence-electron chi connectivity index (χ4n) is 3.82. The molecule has 0 saturated carbocycles. The van der Waals surface area contributed by atoms with E-state index in [0.717, 1.165) is 0 Å². The molecule has 0 radical (unpaired) electrons. The van der Waals surface area contributed by atoms with E-state index in [1.165, 1.54) is 6.92 Å². The summed E-state index contributed by atoms with van der Waals surface area (Å²) in [6.07, 6.45) is -3.28. The molecule has 8 heteroatoms. The Morgan fingerprint density at radius 2 is 1.43 bits per heavy atom. The van der Waals surface area contributed by atoms with Gasteiger partial charge in [-0.3, -0.25) is 9.59 Å². The molecule has 0 aromatic heterocycles. The number of ketones is 1. The van der Waals surface area contributed by atoms with E-state index in [1.54, 1.807) is 52.0 Å². The van der Waals surface area contributed by atoms with E-state index in [-0.39, 0.29) is 11.7 Å². The average molecular weight is 391 g/mol. The highest BCUT2D eigenvalue weighted by atomic mass is 16.9. The fourth-order valence-corrected chi connectivity index (χ4v) is 3.82. The van der Waals surface area contributed by atoms with Gasteiger partial charge in [0.25, 0.3) is 5.91 Å². The number of hydrogen-bond donors (Lipinski definition) is 1. The molecule has 4 rings (SSSR count). The molecule has 3 aliphatic rings. The van der Waals surface area contributed by atoms with Crippen LogP contribution in [0.5, 0.6) is 0 Å². The minimum absolute atomic E-state index is 0.0397. The van der Waals surface area contributed by atoms with Crippen LogP contribution in [0.4, 0.5) is 5.69 Å². The van der Waals surface area contributed by atoms with Crippen molar-refractivity contribution in [1.82, 2.24) is 0 Å². The molecule has 3 aliphatic heterocycles. The maximum absolute atomic E-state index is 13.0. The van der Waals surface area contributed by atoms with Crippen LogP contribution in [0.2, 0.25) is 0 Å². The number of carbonyl (C=O) groups excluding carboxylic acids is 2. The van der Waals surface area contributed by atoms with Crippen molar-refractivity contribution >= 4 is 17.4 Å². The third kappa shape index (κ3) is 3.58. The Morgan fingerprint density at radius 1 is 0.857 bits per heavy atom. The van der Waals surface area contributed by atoms with E-state index in [4.69, 9.17) is 23.7 Å². The van der Waals surface area contributed by atoms with Gasteiger partial charge in [0.05, 0.1) is 0 Å². The van der Waals surface area contributed by atoms with Crippen molar-refractivity contribution in [2.75, 3.05) is 5.32 Å². The quantitative estimate of drug-likeness (QED) is 0.790. The molecule has 3 fully saturated rings. The summed E-state index contributed by atoms with van der Waals surface area (Å²) in [5.41, 5.74) is 1.13. The van der Waals surface area contributed by atoms with Crippen molar-refractivity contribution in [3.05, 3.63) is 29.8 Å². The molecule has 1 aromatic carbocycles. The maximum atomic E-state index is 13.0. The first-order valence-electron chi connectivity index (χ1n) is 9.33. The number of benzene rings is 1. The molecule has 5 unspecified atom stereocenters. The third-order valence-electron chi connectivity index (χ3n) is 4.97. The summed E-state index contributed by atoms with van der Waals surface area (Å²) in [6, 6.07) is 6.67. The number of fused-ring (bicyclic) bond motifs is 3. The Balaban J connectivity index is 1.54. The first-order valence-corrected chi connectivity index (χ1v) is 9.33. The molecular weight excluding hydrogens is 366 g/mol. The number of nitrogens with one attached hydrogen (secondary N) is 1. The number of carbonyl (C=O) groups is 2. The molecule has 8 nitrogen and oxygen atoms in total. The zero-order valence-electron chi connectivity index (χ0n) is 16.6. The van der Waals surface area contributed by atoms with E-state index < -0.39 is 42.3 Å². The highest BCUT2D eigenvalue weighted by molar-refractivity contribution is 5.97. The maximum Gasteiger partial charge on any atom is 0.256 e. The van der Waals surface area contributed by atoms with Gasteiger partial charge < -0.3 is 29.0 Å². The van der Waals surface area contributed by atoms with Crippen molar-refractivity contribution in [1.29, 1.82) is 0 Å². The van der Waals surface area contributed by atoms with Crippen LogP contribution in [0.25, 0.3) is 0 Å². The summed E-state index contributed by atoms with van der Waals surface area (Å²) in [7, 11) is 0. The SMILES string of the molecule is CC(=O)c1ccc(NC(=O)C2OC3OC(C)(C)OC3C3OC(C)(C)OC23)cc1. The Kier molecular flexibility index (Phi) is 4.59. The lowest BCUT2D eigenvalue weighted by Gasteiger charge is -2.36. The van der Waals surface area contributed by atoms with Crippen molar-refractivity contribution in [3.8, 4) is 0 Å². The standard InChI is InChI=1S/C20H25NO7/c1-10(22)11-6-8-12(9-7-11)21-17(23)15-13-14(26-19(2,3)25-13)16-18(24-15)28-20(4,5)27-16/h6-9,13-16,18H,1-5H3,(H,21,23). The van der Waals surface area contributed by atoms with Crippen LogP contribution >= 0.6 is 0 Å². The van der Waals surface area contributed by atoms with Crippen LogP contribution < -0.4 is 5.32 Å². The van der Waals surface area contributed by atoms with E-state index in [2.05, 4.69) is 5.32 Å². The number of anilines is 1. The molecule has 28 heavy (non-hydrogen) atoms. The predicted molar refractivity (Wildman–Crippen MR) is 97.6 cm³/mol. The highest BCUT2D eigenvalue weighted by Gasteiger charge is 2.62. The van der Waals surface area contributed by atoms with Gasteiger partial charge in [0.1, 0.15) is 18.3 Å². The molecule has 3 saturated heterocycles. The number of rotatable bonds is 3. The lowest BCUT2D eigenvalue weighted by molar-refractivity contribution is -0.229. The largest absolute Gasteiger partial charge is 0.342 e. The zero-order valence-corrected chi connectivity index (χ0v) is 16.6. The minimum atomic E-state index is -0.932. The summed E-state index contributed by atoms with van der Waals surface area (Å²) in [4.78, 5) is 24.4. The van der Waals surface area contributed by atoms with Gasteiger partial charge in [0.15, 0.2) is 29.8 Å². The molecule has 1 aromatic rings. The minimum Gasteiger partial charge on any atom is -0.342 e. The second-order valence-corrected chi connectivity index (χ2v) is 8.21. The molecular formula is C20H25NO7. The first kappa shape index (κ1) is 19.5. The summed E-state index contributed by atoms with van der Waals surface area (Å²) in [5.74, 6) is -2.13. The average Bonchev–Trinajstić information content (AvgIpc) is 3.08. The molecule has 0 spiro atoms. The smallest absolute Gasteiger partial charge is 0.256 e. The van der Waals surface area contributed by atoms with Crippen LogP contribution in [0.3, 0.4) is 0 Å². The van der Waals surface area contributed by atoms with Gasteiger partial charge in [-0.15, -0.1) is 0 Å². The monoisotopic (exact) mass is 391 g/mol. The number of ether oxygens (including phenoxy) is 5. The lowest BCUT2D eigenvalue weighted by Crippen LogP contribution is -2.58. The van der Waals surface area contributed by atoms with E-state index in [0.29, 0.717) is 11.3 Å². The van der Waals surface area contributed by atoms with Gasteiger partial charge in [0.2, 0.25) is 0 Å². The van der Waals surface area contributed by atoms with E-state index in [1.807, 2.05) is 0 Å². The first-order chi connectivity index (χ1) is 13.0. The number of amides is 1. The second-order valence-electron chi connectivity index (χ2n) is 8.21. The predicted octanol–water partition coefficient (Wildman–Crippen LogP) is 2.22. The summed E-state index contributed by atoms with van der Waals surface area (Å²) >= 11 is 0. The van der Waals surface area contributed by atoms with Gasteiger partial charge in [0, 0.05) is 11.3 Å². The third-order valence-corrected chi connectivity index (χ3v) is 4.97. The highest BCUT2D eigenvalue weighted by Crippen LogP contribution is 2.44. The Bertz CT molecular complexity index is 788. The summed E-state index contributed by atoms with van der Waals surface area (Å²) in [5, 5.41) is 2.81. The van der Waals surface area contributed by atoms with E-state index in [9.17, 15) is 9.59 Å². The Hall–Kier alpha value is -1.84. The molecule has 3 heterocycles. The summed E-state index contributed by atoms with van der Waals surface area (Å²) in [6.45, 7) is 8.64. The topological polar surface area (TPSA) is 92.3 Å². The molecule has 1 amide bonds. The molecule has 1 N–H and O–H groups in total. The molecule has 0 aliphatic carbocycles. The van der Waals surface area contributed by atoms with Crippen molar-refractivity contribution < 1.29 is 33.3 Å². The van der Waals surface area contributed by atoms with Gasteiger partial charge in [-0.2, -0.15) is 0 Å². The van der Waals surface area contributed by atoms with E-state index >= 15 is 0 Å². The number of Topliss-reactive ketones (excluding diaryl/α,β-unsaturated/α-hetero) is 1. The fraction of sp³-hybridized carbons (Fsp3) is 0.600. The molecule has 5 atom stereocenters. The van der Waals surface area contributed by atoms with Crippen LogP contribution in [-0.2, 0) is 28.5 Å². The van der Waals surface area contributed by atoms with Gasteiger partial charge in [-0.05, 0) is 58.9 Å². The molecule has 152 valence electrons. The van der Waals surface area contributed by atoms with Crippen molar-refractivity contribution in [2.45, 2.75) is 76.9 Å². The Labute approximate surface area is 163 Å². The van der Waals surface area contributed by atoms with Gasteiger partial charge >= 0.3 is 0 Å². The van der Waals surface area contributed by atoms with Crippen LogP contribution in [0.1, 0.15) is 45.0 Å². The Morgan fingerprint density at radius 3 is 2.07 bits per heavy atom. The normalized spacial score (nSPS) is 35.1. The zero-order chi connectivity index (χ0) is 20.3. The van der Waals surface area contributed by atoms with Crippen molar-refractivity contribution in [3.63, 3.8) is 0 Å². The van der Waals surface area contributed by atoms with Gasteiger partial charge in [-0.25, -0.2) is 0 Å².